The van der Waals surface area contributed by atoms with Crippen LogP contribution in [0.25, 0.3) is 22.0 Å². The number of ether oxygens (including phenoxy) is 1. The van der Waals surface area contributed by atoms with Gasteiger partial charge < -0.3 is 4.74 Å². The molecule has 0 spiro atoms. The highest BCUT2D eigenvalue weighted by Crippen LogP contribution is 2.46. The summed E-state index contributed by atoms with van der Waals surface area (Å²) in [5, 5.41) is 6.84. The molecule has 3 aromatic carbocycles. The first-order chi connectivity index (χ1) is 15.7. The monoisotopic (exact) mass is 430 g/mol. The van der Waals surface area contributed by atoms with Crippen LogP contribution in [-0.4, -0.2) is 16.8 Å². The Morgan fingerprint density at radius 2 is 1.81 bits per heavy atom. The Labute approximate surface area is 185 Å². The lowest BCUT2D eigenvalue weighted by Crippen LogP contribution is -2.16. The Hall–Kier alpha value is -3.47. The van der Waals surface area contributed by atoms with Crippen molar-refractivity contribution in [3.05, 3.63) is 95.2 Å². The molecule has 4 aromatic rings. The molecule has 0 bridgehead atoms. The molecule has 0 amide bonds. The predicted molar refractivity (Wildman–Crippen MR) is 123 cm³/mol. The molecule has 162 valence electrons. The molecule has 1 heterocycles. The van der Waals surface area contributed by atoms with Gasteiger partial charge in [0.05, 0.1) is 17.5 Å². The predicted octanol–water partition coefficient (Wildman–Crippen LogP) is 7.00. The molecule has 5 rings (SSSR count). The molecule has 1 N–H and O–H groups in total. The van der Waals surface area contributed by atoms with Gasteiger partial charge >= 0.3 is 0 Å². The standard InChI is InChI=1S/C27H24F2N2O/c1-2-32-20-12-13-21(23(28)16-20)26(18-9-6-10-18)25(17-7-4-3-5-8-17)19-11-14-24-22(15-19)27(29)31-30-24/h3-5,7-8,11-16,18H,2,6,9-10H2,1H3,(H,30,31)/b26-25+. The molecule has 0 atom stereocenters. The molecule has 1 aliphatic rings. The van der Waals surface area contributed by atoms with E-state index in [4.69, 9.17) is 4.74 Å². The summed E-state index contributed by atoms with van der Waals surface area (Å²) in [6.45, 7) is 2.36. The highest BCUT2D eigenvalue weighted by Gasteiger charge is 2.29. The SMILES string of the molecule is CCOc1ccc(/C(=C(\c2ccccc2)c2ccc3n[nH]c(F)c3c2)C2CCC2)c(F)c1. The molecule has 0 unspecified atom stereocenters. The van der Waals surface area contributed by atoms with Crippen molar-refractivity contribution in [2.24, 2.45) is 5.92 Å². The summed E-state index contributed by atoms with van der Waals surface area (Å²) in [5.41, 5.74) is 4.86. The van der Waals surface area contributed by atoms with E-state index in [1.54, 1.807) is 6.07 Å². The van der Waals surface area contributed by atoms with Crippen molar-refractivity contribution in [3.8, 4) is 5.75 Å². The fraction of sp³-hybridized carbons (Fsp3) is 0.222. The van der Waals surface area contributed by atoms with Crippen molar-refractivity contribution in [1.29, 1.82) is 0 Å². The largest absolute Gasteiger partial charge is 0.494 e. The maximum Gasteiger partial charge on any atom is 0.216 e. The molecule has 0 aliphatic heterocycles. The summed E-state index contributed by atoms with van der Waals surface area (Å²) in [7, 11) is 0. The molecule has 5 heteroatoms. The highest BCUT2D eigenvalue weighted by molar-refractivity contribution is 6.01. The van der Waals surface area contributed by atoms with E-state index in [2.05, 4.69) is 10.2 Å². The van der Waals surface area contributed by atoms with E-state index in [1.807, 2.05) is 61.5 Å². The maximum atomic E-state index is 15.4. The van der Waals surface area contributed by atoms with Gasteiger partial charge in [-0.1, -0.05) is 42.8 Å². The summed E-state index contributed by atoms with van der Waals surface area (Å²) in [6, 6.07) is 20.6. The molecule has 0 saturated heterocycles. The zero-order chi connectivity index (χ0) is 22.1. The number of hydrogen-bond donors (Lipinski definition) is 1. The van der Waals surface area contributed by atoms with Crippen molar-refractivity contribution in [2.45, 2.75) is 26.2 Å². The molecular formula is C27H24F2N2O. The number of aromatic nitrogens is 2. The zero-order valence-electron chi connectivity index (χ0n) is 17.9. The minimum absolute atomic E-state index is 0.238. The van der Waals surface area contributed by atoms with Crippen LogP contribution in [0.15, 0.2) is 66.7 Å². The van der Waals surface area contributed by atoms with Gasteiger partial charge in [0.2, 0.25) is 5.95 Å². The van der Waals surface area contributed by atoms with E-state index in [-0.39, 0.29) is 11.7 Å². The maximum absolute atomic E-state index is 15.4. The van der Waals surface area contributed by atoms with E-state index in [1.165, 1.54) is 6.07 Å². The van der Waals surface area contributed by atoms with Crippen LogP contribution < -0.4 is 4.74 Å². The smallest absolute Gasteiger partial charge is 0.216 e. The van der Waals surface area contributed by atoms with Gasteiger partial charge in [0.1, 0.15) is 11.6 Å². The molecule has 3 nitrogen and oxygen atoms in total. The summed E-state index contributed by atoms with van der Waals surface area (Å²) in [4.78, 5) is 0. The Balaban J connectivity index is 1.79. The second-order valence-corrected chi connectivity index (χ2v) is 8.13. The van der Waals surface area contributed by atoms with Crippen LogP contribution in [0, 0.1) is 17.7 Å². The molecule has 32 heavy (non-hydrogen) atoms. The normalized spacial score (nSPS) is 14.8. The van der Waals surface area contributed by atoms with Gasteiger partial charge in [0, 0.05) is 11.6 Å². The molecule has 1 fully saturated rings. The van der Waals surface area contributed by atoms with Gasteiger partial charge in [-0.2, -0.15) is 9.49 Å². The second-order valence-electron chi connectivity index (χ2n) is 8.13. The first-order valence-corrected chi connectivity index (χ1v) is 11.0. The van der Waals surface area contributed by atoms with Crippen molar-refractivity contribution < 1.29 is 13.5 Å². The van der Waals surface area contributed by atoms with Gasteiger partial charge in [0.25, 0.3) is 0 Å². The molecular weight excluding hydrogens is 406 g/mol. The van der Waals surface area contributed by atoms with E-state index in [0.29, 0.717) is 28.8 Å². The van der Waals surface area contributed by atoms with Crippen LogP contribution in [0.3, 0.4) is 0 Å². The molecule has 1 aliphatic carbocycles. The lowest BCUT2D eigenvalue weighted by molar-refractivity contribution is 0.338. The van der Waals surface area contributed by atoms with Crippen molar-refractivity contribution in [3.63, 3.8) is 0 Å². The van der Waals surface area contributed by atoms with Gasteiger partial charge in [-0.3, -0.25) is 5.10 Å². The average Bonchev–Trinajstić information content (AvgIpc) is 3.14. The zero-order valence-corrected chi connectivity index (χ0v) is 17.9. The Morgan fingerprint density at radius 1 is 1.00 bits per heavy atom. The van der Waals surface area contributed by atoms with Crippen LogP contribution in [0.4, 0.5) is 8.78 Å². The third kappa shape index (κ3) is 3.68. The Bertz CT molecular complexity index is 1290. The van der Waals surface area contributed by atoms with Crippen LogP contribution in [-0.2, 0) is 0 Å². The minimum atomic E-state index is -0.466. The molecule has 1 saturated carbocycles. The summed E-state index contributed by atoms with van der Waals surface area (Å²) >= 11 is 0. The lowest BCUT2D eigenvalue weighted by atomic mass is 9.73. The van der Waals surface area contributed by atoms with E-state index in [0.717, 1.165) is 41.5 Å². The number of aromatic amines is 1. The van der Waals surface area contributed by atoms with Crippen molar-refractivity contribution in [1.82, 2.24) is 10.2 Å². The van der Waals surface area contributed by atoms with Gasteiger partial charge in [-0.25, -0.2) is 4.39 Å². The topological polar surface area (TPSA) is 37.9 Å². The fourth-order valence-electron chi connectivity index (χ4n) is 4.44. The Morgan fingerprint density at radius 3 is 2.50 bits per heavy atom. The quantitative estimate of drug-likeness (QED) is 0.335. The lowest BCUT2D eigenvalue weighted by Gasteiger charge is -2.32. The van der Waals surface area contributed by atoms with Crippen LogP contribution >= 0.6 is 0 Å². The number of benzene rings is 3. The van der Waals surface area contributed by atoms with Crippen LogP contribution in [0.5, 0.6) is 5.75 Å². The van der Waals surface area contributed by atoms with E-state index < -0.39 is 5.95 Å². The van der Waals surface area contributed by atoms with Crippen LogP contribution in [0.1, 0.15) is 42.9 Å². The number of fused-ring (bicyclic) bond motifs is 1. The Kier molecular flexibility index (Phi) is 5.48. The minimum Gasteiger partial charge on any atom is -0.494 e. The van der Waals surface area contributed by atoms with Gasteiger partial charge in [0.15, 0.2) is 0 Å². The molecule has 0 radical (unpaired) electrons. The average molecular weight is 430 g/mol. The van der Waals surface area contributed by atoms with Gasteiger partial charge in [-0.05, 0) is 72.2 Å². The highest BCUT2D eigenvalue weighted by atomic mass is 19.1. The number of nitrogens with one attached hydrogen (secondary N) is 1. The van der Waals surface area contributed by atoms with E-state index in [9.17, 15) is 4.39 Å². The first-order valence-electron chi connectivity index (χ1n) is 11.0. The third-order valence-corrected chi connectivity index (χ3v) is 6.18. The number of rotatable bonds is 6. The number of hydrogen-bond acceptors (Lipinski definition) is 2. The number of nitrogens with zero attached hydrogens (tertiary/aromatic N) is 1. The summed E-state index contributed by atoms with van der Waals surface area (Å²) < 4.78 is 35.2. The summed E-state index contributed by atoms with van der Waals surface area (Å²) in [6.07, 6.45) is 3.12. The first kappa shape index (κ1) is 20.4. The number of halogens is 2. The van der Waals surface area contributed by atoms with Crippen LogP contribution in [0.2, 0.25) is 0 Å². The fourth-order valence-corrected chi connectivity index (χ4v) is 4.44. The number of allylic oxidation sites excluding steroid dienone is 1. The van der Waals surface area contributed by atoms with Crippen molar-refractivity contribution >= 4 is 22.0 Å². The number of H-pyrrole nitrogens is 1. The molecule has 1 aromatic heterocycles. The summed E-state index contributed by atoms with van der Waals surface area (Å²) in [5.74, 6) is -0.0130. The third-order valence-electron chi connectivity index (χ3n) is 6.18. The van der Waals surface area contributed by atoms with E-state index >= 15 is 4.39 Å². The van der Waals surface area contributed by atoms with Crippen molar-refractivity contribution in [2.75, 3.05) is 6.61 Å². The van der Waals surface area contributed by atoms with Gasteiger partial charge in [-0.15, -0.1) is 0 Å². The second kappa shape index (κ2) is 8.58.